The molecule has 0 aliphatic carbocycles. The van der Waals surface area contributed by atoms with Gasteiger partial charge in [-0.3, -0.25) is 0 Å². The SMILES string of the molecule is COC1C=CC(c2nc(Cc3cc(C)c(N)cc3C)cs2)=CP1. The zero-order chi connectivity index (χ0) is 16.4. The Morgan fingerprint density at radius 3 is 2.83 bits per heavy atom. The molecular formula is C18H21N2OPS. The molecule has 1 aromatic carbocycles. The van der Waals surface area contributed by atoms with E-state index in [4.69, 9.17) is 15.5 Å². The first-order valence-corrected chi connectivity index (χ1v) is 9.58. The molecule has 0 amide bonds. The van der Waals surface area contributed by atoms with Crippen LogP contribution in [-0.4, -0.2) is 17.9 Å². The maximum atomic E-state index is 5.97. The fourth-order valence-electron chi connectivity index (χ4n) is 2.55. The summed E-state index contributed by atoms with van der Waals surface area (Å²) in [5.41, 5.74) is 12.8. The van der Waals surface area contributed by atoms with Crippen molar-refractivity contribution in [3.8, 4) is 0 Å². The van der Waals surface area contributed by atoms with Crippen LogP contribution in [0.25, 0.3) is 5.57 Å². The normalized spacial score (nSPS) is 18.4. The van der Waals surface area contributed by atoms with E-state index in [0.717, 1.165) is 28.4 Å². The number of allylic oxidation sites excluding steroid dienone is 2. The van der Waals surface area contributed by atoms with Gasteiger partial charge in [0.2, 0.25) is 0 Å². The van der Waals surface area contributed by atoms with Gasteiger partial charge in [-0.1, -0.05) is 32.6 Å². The van der Waals surface area contributed by atoms with Crippen molar-refractivity contribution in [3.05, 3.63) is 62.9 Å². The van der Waals surface area contributed by atoms with E-state index in [9.17, 15) is 0 Å². The van der Waals surface area contributed by atoms with Crippen molar-refractivity contribution in [2.45, 2.75) is 26.1 Å². The van der Waals surface area contributed by atoms with E-state index < -0.39 is 0 Å². The topological polar surface area (TPSA) is 48.1 Å². The number of rotatable bonds is 4. The summed E-state index contributed by atoms with van der Waals surface area (Å²) in [6.07, 6.45) is 5.08. The lowest BCUT2D eigenvalue weighted by molar-refractivity contribution is 0.205. The van der Waals surface area contributed by atoms with Gasteiger partial charge in [-0.2, -0.15) is 0 Å². The van der Waals surface area contributed by atoms with Crippen LogP contribution < -0.4 is 5.73 Å². The molecule has 2 N–H and O–H groups in total. The van der Waals surface area contributed by atoms with Crippen LogP contribution in [-0.2, 0) is 11.2 Å². The van der Waals surface area contributed by atoms with E-state index in [1.54, 1.807) is 18.4 Å². The molecule has 0 fully saturated rings. The van der Waals surface area contributed by atoms with E-state index in [-0.39, 0.29) is 5.85 Å². The molecular weight excluding hydrogens is 323 g/mol. The van der Waals surface area contributed by atoms with E-state index in [1.807, 2.05) is 0 Å². The van der Waals surface area contributed by atoms with Crippen LogP contribution >= 0.6 is 19.9 Å². The van der Waals surface area contributed by atoms with E-state index in [2.05, 4.69) is 49.3 Å². The zero-order valence-electron chi connectivity index (χ0n) is 13.6. The lowest BCUT2D eigenvalue weighted by atomic mass is 10.0. The van der Waals surface area contributed by atoms with Gasteiger partial charge in [0.1, 0.15) is 5.01 Å². The molecule has 2 atom stereocenters. The smallest absolute Gasteiger partial charge is 0.123 e. The minimum atomic E-state index is 0.221. The van der Waals surface area contributed by atoms with Crippen LogP contribution in [0.3, 0.4) is 0 Å². The summed E-state index contributed by atoms with van der Waals surface area (Å²) in [5, 5.41) is 3.24. The molecule has 0 saturated carbocycles. The number of ether oxygens (including phenoxy) is 1. The van der Waals surface area contributed by atoms with Crippen molar-refractivity contribution in [3.63, 3.8) is 0 Å². The Labute approximate surface area is 143 Å². The van der Waals surface area contributed by atoms with Gasteiger partial charge in [-0.25, -0.2) is 4.98 Å². The minimum absolute atomic E-state index is 0.221. The van der Waals surface area contributed by atoms with Crippen LogP contribution in [0.2, 0.25) is 0 Å². The summed E-state index contributed by atoms with van der Waals surface area (Å²) in [6.45, 7) is 4.16. The van der Waals surface area contributed by atoms with Crippen LogP contribution in [0.4, 0.5) is 5.69 Å². The Hall–Kier alpha value is -1.48. The predicted octanol–water partition coefficient (Wildman–Crippen LogP) is 4.49. The Morgan fingerprint density at radius 2 is 2.13 bits per heavy atom. The standard InChI is InChI=1S/C18H21N2OPS/c1-11-7-16(19)12(2)6-14(11)8-15-10-23-18(20-15)13-4-5-17(21-3)22-9-13/h4-7,9-10,17,22H,8,19H2,1-3H3. The minimum Gasteiger partial charge on any atom is -0.399 e. The monoisotopic (exact) mass is 344 g/mol. The lowest BCUT2D eigenvalue weighted by Gasteiger charge is -2.13. The van der Waals surface area contributed by atoms with E-state index in [1.165, 1.54) is 16.7 Å². The van der Waals surface area contributed by atoms with Gasteiger partial charge >= 0.3 is 0 Å². The fourth-order valence-corrected chi connectivity index (χ4v) is 4.39. The van der Waals surface area contributed by atoms with Crippen molar-refractivity contribution < 1.29 is 4.74 Å². The van der Waals surface area contributed by atoms with E-state index in [0.29, 0.717) is 8.58 Å². The Kier molecular flexibility index (Phi) is 4.96. The highest BCUT2D eigenvalue weighted by atomic mass is 32.1. The molecule has 1 aromatic heterocycles. The first kappa shape index (κ1) is 16.4. The third-order valence-electron chi connectivity index (χ3n) is 4.00. The highest BCUT2D eigenvalue weighted by Gasteiger charge is 2.12. The van der Waals surface area contributed by atoms with E-state index >= 15 is 0 Å². The third kappa shape index (κ3) is 3.72. The number of benzene rings is 1. The first-order valence-electron chi connectivity index (χ1n) is 7.54. The quantitative estimate of drug-likeness (QED) is 0.656. The maximum Gasteiger partial charge on any atom is 0.123 e. The molecule has 0 radical (unpaired) electrons. The molecule has 2 aromatic rings. The average Bonchev–Trinajstić information content (AvgIpc) is 3.01. The Morgan fingerprint density at radius 1 is 1.30 bits per heavy atom. The molecule has 3 rings (SSSR count). The van der Waals surface area contributed by atoms with Gasteiger partial charge in [0.15, 0.2) is 0 Å². The molecule has 23 heavy (non-hydrogen) atoms. The number of hydrogen-bond donors (Lipinski definition) is 1. The number of thiazole rings is 1. The number of methoxy groups -OCH3 is 1. The lowest BCUT2D eigenvalue weighted by Crippen LogP contribution is -2.00. The molecule has 3 nitrogen and oxygen atoms in total. The van der Waals surface area contributed by atoms with Crippen molar-refractivity contribution >= 4 is 31.2 Å². The van der Waals surface area contributed by atoms with Gasteiger partial charge in [-0.15, -0.1) is 11.3 Å². The highest BCUT2D eigenvalue weighted by molar-refractivity contribution is 7.43. The second-order valence-corrected chi connectivity index (χ2v) is 7.79. The summed E-state index contributed by atoms with van der Waals surface area (Å²) >= 11 is 1.71. The van der Waals surface area contributed by atoms with Gasteiger partial charge in [0.05, 0.1) is 11.5 Å². The predicted molar refractivity (Wildman–Crippen MR) is 101 cm³/mol. The summed E-state index contributed by atoms with van der Waals surface area (Å²) in [4.78, 5) is 4.80. The molecule has 2 heterocycles. The number of aromatic nitrogens is 1. The molecule has 0 spiro atoms. The van der Waals surface area contributed by atoms with Crippen LogP contribution in [0.1, 0.15) is 27.4 Å². The largest absolute Gasteiger partial charge is 0.399 e. The summed E-state index contributed by atoms with van der Waals surface area (Å²) in [6, 6.07) is 4.23. The number of hydrogen-bond acceptors (Lipinski definition) is 4. The zero-order valence-corrected chi connectivity index (χ0v) is 15.4. The van der Waals surface area contributed by atoms with Crippen LogP contribution in [0.5, 0.6) is 0 Å². The molecule has 2 unspecified atom stereocenters. The Bertz CT molecular complexity index is 779. The Balaban J connectivity index is 1.77. The molecule has 0 bridgehead atoms. The second-order valence-electron chi connectivity index (χ2n) is 5.74. The molecule has 5 heteroatoms. The van der Waals surface area contributed by atoms with Crippen LogP contribution in [0.15, 0.2) is 35.5 Å². The third-order valence-corrected chi connectivity index (χ3v) is 6.18. The van der Waals surface area contributed by atoms with Crippen molar-refractivity contribution in [1.82, 2.24) is 4.98 Å². The average molecular weight is 344 g/mol. The number of nitrogen functional groups attached to an aromatic ring is 1. The number of anilines is 1. The maximum absolute atomic E-state index is 5.97. The second kappa shape index (κ2) is 6.96. The summed E-state index contributed by atoms with van der Waals surface area (Å²) in [5.74, 6) is 2.45. The number of nitrogens with two attached hydrogens (primary N) is 1. The van der Waals surface area contributed by atoms with Crippen molar-refractivity contribution in [2.75, 3.05) is 12.8 Å². The molecule has 0 saturated heterocycles. The first-order chi connectivity index (χ1) is 11.1. The van der Waals surface area contributed by atoms with Gasteiger partial charge in [0, 0.05) is 30.2 Å². The summed E-state index contributed by atoms with van der Waals surface area (Å²) in [7, 11) is 2.41. The van der Waals surface area contributed by atoms with Crippen molar-refractivity contribution in [1.29, 1.82) is 0 Å². The summed E-state index contributed by atoms with van der Waals surface area (Å²) < 4.78 is 5.35. The van der Waals surface area contributed by atoms with Gasteiger partial charge in [0.25, 0.3) is 0 Å². The van der Waals surface area contributed by atoms with Crippen LogP contribution in [0, 0.1) is 13.8 Å². The highest BCUT2D eigenvalue weighted by Crippen LogP contribution is 2.34. The molecule has 1 aliphatic rings. The molecule has 120 valence electrons. The number of nitrogens with zero attached hydrogens (tertiary/aromatic N) is 1. The number of aryl methyl sites for hydroxylation is 2. The van der Waals surface area contributed by atoms with Gasteiger partial charge < -0.3 is 10.5 Å². The van der Waals surface area contributed by atoms with Gasteiger partial charge in [-0.05, 0) is 36.6 Å². The fraction of sp³-hybridized carbons (Fsp3) is 0.278. The molecule has 1 aliphatic heterocycles. The van der Waals surface area contributed by atoms with Crippen molar-refractivity contribution in [2.24, 2.45) is 0 Å².